The first-order valence-electron chi connectivity index (χ1n) is 5.81. The molecular formula is C14H16BrNO. The van der Waals surface area contributed by atoms with Gasteiger partial charge in [-0.25, -0.2) is 4.98 Å². The lowest BCUT2D eigenvalue weighted by molar-refractivity contribution is 0.146. The van der Waals surface area contributed by atoms with E-state index in [2.05, 4.69) is 34.8 Å². The van der Waals surface area contributed by atoms with Gasteiger partial charge in [-0.05, 0) is 40.4 Å². The molecule has 0 saturated heterocycles. The minimum absolute atomic E-state index is 0.449. The summed E-state index contributed by atoms with van der Waals surface area (Å²) in [4.78, 5) is 4.53. The minimum atomic E-state index is -0.506. The summed E-state index contributed by atoms with van der Waals surface area (Å²) in [5.74, 6) is 0.449. The molecule has 1 N–H and O–H groups in total. The summed E-state index contributed by atoms with van der Waals surface area (Å²) < 4.78 is 0.879. The molecule has 0 spiro atoms. The summed E-state index contributed by atoms with van der Waals surface area (Å²) in [6.45, 7) is 4.19. The molecule has 1 aromatic carbocycles. The third-order valence-electron chi connectivity index (χ3n) is 2.71. The highest BCUT2D eigenvalue weighted by molar-refractivity contribution is 9.10. The Morgan fingerprint density at radius 3 is 2.71 bits per heavy atom. The lowest BCUT2D eigenvalue weighted by Crippen LogP contribution is -2.05. The van der Waals surface area contributed by atoms with E-state index in [4.69, 9.17) is 0 Å². The van der Waals surface area contributed by atoms with Crippen LogP contribution in [0, 0.1) is 5.92 Å². The zero-order valence-electron chi connectivity index (χ0n) is 10.0. The van der Waals surface area contributed by atoms with Gasteiger partial charge in [0.15, 0.2) is 0 Å². The quantitative estimate of drug-likeness (QED) is 0.925. The maximum Gasteiger partial charge on any atom is 0.0973 e. The number of hydrogen-bond acceptors (Lipinski definition) is 2. The Labute approximate surface area is 110 Å². The third-order valence-corrected chi connectivity index (χ3v) is 3.35. The van der Waals surface area contributed by atoms with Crippen molar-refractivity contribution in [3.05, 3.63) is 40.5 Å². The average Bonchev–Trinajstić information content (AvgIpc) is 2.27. The van der Waals surface area contributed by atoms with Gasteiger partial charge in [-0.2, -0.15) is 0 Å². The van der Waals surface area contributed by atoms with Crippen molar-refractivity contribution in [2.75, 3.05) is 0 Å². The zero-order chi connectivity index (χ0) is 12.4. The second-order valence-corrected chi connectivity index (χ2v) is 5.55. The number of aromatic nitrogens is 1. The number of benzene rings is 1. The van der Waals surface area contributed by atoms with Crippen molar-refractivity contribution >= 4 is 26.8 Å². The van der Waals surface area contributed by atoms with Crippen LogP contribution in [0.15, 0.2) is 34.8 Å². The minimum Gasteiger partial charge on any atom is -0.387 e. The molecule has 2 nitrogen and oxygen atoms in total. The molecule has 1 heterocycles. The molecule has 90 valence electrons. The van der Waals surface area contributed by atoms with Crippen LogP contribution in [0.4, 0.5) is 0 Å². The van der Waals surface area contributed by atoms with E-state index in [9.17, 15) is 5.11 Å². The molecule has 0 bridgehead atoms. The number of aliphatic hydroxyl groups is 1. The molecule has 0 saturated carbocycles. The van der Waals surface area contributed by atoms with Gasteiger partial charge in [0.1, 0.15) is 0 Å². The molecule has 0 aliphatic rings. The molecule has 1 aromatic heterocycles. The maximum absolute atomic E-state index is 10.1. The van der Waals surface area contributed by atoms with Crippen LogP contribution in [0.1, 0.15) is 32.1 Å². The monoisotopic (exact) mass is 293 g/mol. The van der Waals surface area contributed by atoms with Crippen LogP contribution in [-0.4, -0.2) is 10.1 Å². The van der Waals surface area contributed by atoms with Gasteiger partial charge in [0.2, 0.25) is 0 Å². The lowest BCUT2D eigenvalue weighted by Gasteiger charge is -2.14. The molecule has 17 heavy (non-hydrogen) atoms. The number of hydrogen-bond donors (Lipinski definition) is 1. The fraction of sp³-hybridized carbons (Fsp3) is 0.357. The Morgan fingerprint density at radius 1 is 1.29 bits per heavy atom. The topological polar surface area (TPSA) is 33.1 Å². The van der Waals surface area contributed by atoms with E-state index in [1.54, 1.807) is 0 Å². The van der Waals surface area contributed by atoms with Crippen molar-refractivity contribution < 1.29 is 5.11 Å². The second-order valence-electron chi connectivity index (χ2n) is 4.69. The summed E-state index contributed by atoms with van der Waals surface area (Å²) in [6, 6.07) is 9.95. The van der Waals surface area contributed by atoms with Crippen LogP contribution < -0.4 is 0 Å². The van der Waals surface area contributed by atoms with Crippen molar-refractivity contribution in [1.29, 1.82) is 0 Å². The molecule has 2 aromatic rings. The first kappa shape index (κ1) is 12.5. The van der Waals surface area contributed by atoms with Gasteiger partial charge in [0.25, 0.3) is 0 Å². The van der Waals surface area contributed by atoms with Gasteiger partial charge < -0.3 is 5.11 Å². The first-order valence-corrected chi connectivity index (χ1v) is 6.60. The van der Waals surface area contributed by atoms with Crippen LogP contribution in [0.5, 0.6) is 0 Å². The molecule has 0 radical (unpaired) electrons. The SMILES string of the molecule is CC(C)CC(O)c1nc2ccccc2cc1Br. The Morgan fingerprint density at radius 2 is 2.00 bits per heavy atom. The van der Waals surface area contributed by atoms with Gasteiger partial charge in [-0.15, -0.1) is 0 Å². The van der Waals surface area contributed by atoms with Gasteiger partial charge in [0, 0.05) is 9.86 Å². The Kier molecular flexibility index (Phi) is 3.79. The van der Waals surface area contributed by atoms with Gasteiger partial charge in [-0.3, -0.25) is 0 Å². The van der Waals surface area contributed by atoms with E-state index in [1.807, 2.05) is 30.3 Å². The number of rotatable bonds is 3. The van der Waals surface area contributed by atoms with Gasteiger partial charge >= 0.3 is 0 Å². The van der Waals surface area contributed by atoms with Crippen LogP contribution in [-0.2, 0) is 0 Å². The van der Waals surface area contributed by atoms with E-state index in [0.29, 0.717) is 5.92 Å². The fourth-order valence-electron chi connectivity index (χ4n) is 1.90. The van der Waals surface area contributed by atoms with Crippen LogP contribution in [0.3, 0.4) is 0 Å². The summed E-state index contributed by atoms with van der Waals surface area (Å²) >= 11 is 3.49. The van der Waals surface area contributed by atoms with Crippen molar-refractivity contribution in [2.45, 2.75) is 26.4 Å². The Balaban J connectivity index is 2.43. The predicted octanol–water partition coefficient (Wildman–Crippen LogP) is 4.08. The molecule has 1 unspecified atom stereocenters. The van der Waals surface area contributed by atoms with E-state index < -0.39 is 6.10 Å². The summed E-state index contributed by atoms with van der Waals surface area (Å²) in [5.41, 5.74) is 1.66. The highest BCUT2D eigenvalue weighted by Gasteiger charge is 2.15. The summed E-state index contributed by atoms with van der Waals surface area (Å²) in [6.07, 6.45) is 0.221. The number of aliphatic hydroxyl groups excluding tert-OH is 1. The average molecular weight is 294 g/mol. The Hall–Kier alpha value is -0.930. The van der Waals surface area contributed by atoms with Crippen molar-refractivity contribution in [1.82, 2.24) is 4.98 Å². The first-order chi connectivity index (χ1) is 8.08. The van der Waals surface area contributed by atoms with Gasteiger partial charge in [-0.1, -0.05) is 32.0 Å². The number of fused-ring (bicyclic) bond motifs is 1. The highest BCUT2D eigenvalue weighted by Crippen LogP contribution is 2.29. The largest absolute Gasteiger partial charge is 0.387 e. The van der Waals surface area contributed by atoms with Crippen LogP contribution in [0.25, 0.3) is 10.9 Å². The number of nitrogens with zero attached hydrogens (tertiary/aromatic N) is 1. The molecular weight excluding hydrogens is 278 g/mol. The summed E-state index contributed by atoms with van der Waals surface area (Å²) in [5, 5.41) is 11.2. The third kappa shape index (κ3) is 2.85. The summed E-state index contributed by atoms with van der Waals surface area (Å²) in [7, 11) is 0. The van der Waals surface area contributed by atoms with Crippen molar-refractivity contribution in [3.63, 3.8) is 0 Å². The normalized spacial score (nSPS) is 13.2. The number of para-hydroxylation sites is 1. The van der Waals surface area contributed by atoms with E-state index >= 15 is 0 Å². The number of halogens is 1. The molecule has 1 atom stereocenters. The smallest absolute Gasteiger partial charge is 0.0973 e. The molecule has 2 rings (SSSR count). The molecule has 0 aliphatic carbocycles. The maximum atomic E-state index is 10.1. The second kappa shape index (κ2) is 5.15. The number of pyridine rings is 1. The standard InChI is InChI=1S/C14H16BrNO/c1-9(2)7-13(17)14-11(15)8-10-5-3-4-6-12(10)16-14/h3-6,8-9,13,17H,7H2,1-2H3. The molecule has 3 heteroatoms. The zero-order valence-corrected chi connectivity index (χ0v) is 11.6. The van der Waals surface area contributed by atoms with Crippen LogP contribution >= 0.6 is 15.9 Å². The fourth-order valence-corrected chi connectivity index (χ4v) is 2.50. The van der Waals surface area contributed by atoms with E-state index in [-0.39, 0.29) is 0 Å². The predicted molar refractivity (Wildman–Crippen MR) is 73.9 cm³/mol. The lowest BCUT2D eigenvalue weighted by atomic mass is 10.0. The van der Waals surface area contributed by atoms with E-state index in [1.165, 1.54) is 0 Å². The molecule has 0 aliphatic heterocycles. The van der Waals surface area contributed by atoms with Crippen LogP contribution in [0.2, 0.25) is 0 Å². The van der Waals surface area contributed by atoms with Crippen molar-refractivity contribution in [2.24, 2.45) is 5.92 Å². The van der Waals surface area contributed by atoms with Crippen molar-refractivity contribution in [3.8, 4) is 0 Å². The van der Waals surface area contributed by atoms with Gasteiger partial charge in [0.05, 0.1) is 17.3 Å². The molecule has 0 amide bonds. The highest BCUT2D eigenvalue weighted by atomic mass is 79.9. The Bertz CT molecular complexity index is 525. The van der Waals surface area contributed by atoms with E-state index in [0.717, 1.165) is 27.5 Å². The molecule has 0 fully saturated rings.